The number of hydrogen-bond donors (Lipinski definition) is 3. The first-order valence-electron chi connectivity index (χ1n) is 21.1. The number of ether oxygens (including phenoxy) is 2. The molecular weight excluding hydrogens is 795 g/mol. The summed E-state index contributed by atoms with van der Waals surface area (Å²) in [6.45, 7) is 5.60. The first-order chi connectivity index (χ1) is 29.1. The predicted octanol–water partition coefficient (Wildman–Crippen LogP) is 6.55. The zero-order valence-electron chi connectivity index (χ0n) is 36.3. The summed E-state index contributed by atoms with van der Waals surface area (Å²) in [6, 6.07) is 20.3. The van der Waals surface area contributed by atoms with E-state index in [4.69, 9.17) is 14.0 Å². The molecule has 1 heterocycles. The number of benzene rings is 3. The van der Waals surface area contributed by atoms with Crippen LogP contribution in [0.1, 0.15) is 88.7 Å². The molecule has 3 aliphatic rings. The number of aliphatic hydroxyl groups excluding tert-OH is 1. The standard InChI is InChI=1S/C47H59N5O8S/c1-9-11-23-58-42-34(52(27-29-19-15-13-16-20-29)28-30-21-17-14-18-22-30)26-33(50(3)4)31-25-32-36(41(53)35(31)42)44(54)47(56)38(39(32)49-61(7,8)57)40(51(5)6)43-37(45(47)55)46(48-60-43)59-24-12-10-2/h13-22,26,32,38-40,54,56H,7,9-12,23-25,27-28H2,1-6,8H3,(H,49,57)/t32-,38+,39+,40+,47+,61?/m1/s1. The highest BCUT2D eigenvalue weighted by atomic mass is 32.2. The van der Waals surface area contributed by atoms with E-state index in [-0.39, 0.29) is 41.4 Å². The highest BCUT2D eigenvalue weighted by Gasteiger charge is 2.67. The van der Waals surface area contributed by atoms with Crippen molar-refractivity contribution in [3.63, 3.8) is 0 Å². The number of aliphatic hydroxyl groups is 2. The number of nitrogens with zero attached hydrogens (tertiary/aromatic N) is 4. The van der Waals surface area contributed by atoms with Crippen molar-refractivity contribution < 1.29 is 38.0 Å². The second kappa shape index (κ2) is 17.7. The molecule has 0 amide bonds. The van der Waals surface area contributed by atoms with E-state index < -0.39 is 56.6 Å². The molecule has 1 unspecified atom stereocenters. The van der Waals surface area contributed by atoms with Crippen LogP contribution in [0.5, 0.6) is 11.6 Å². The monoisotopic (exact) mass is 853 g/mol. The van der Waals surface area contributed by atoms with Gasteiger partial charge in [0, 0.05) is 72.3 Å². The van der Waals surface area contributed by atoms with Crippen molar-refractivity contribution in [3.8, 4) is 11.6 Å². The Hall–Kier alpha value is -5.15. The molecule has 1 aromatic heterocycles. The summed E-state index contributed by atoms with van der Waals surface area (Å²) < 4.78 is 35.5. The number of aromatic nitrogens is 1. The molecule has 0 aliphatic heterocycles. The number of carbonyl (C=O) groups is 2. The summed E-state index contributed by atoms with van der Waals surface area (Å²) in [7, 11) is 4.29. The summed E-state index contributed by atoms with van der Waals surface area (Å²) in [4.78, 5) is 36.6. The molecule has 7 rings (SSSR count). The number of unbranched alkanes of at least 4 members (excludes halogenated alkanes) is 2. The number of rotatable bonds is 17. The van der Waals surface area contributed by atoms with E-state index in [0.29, 0.717) is 43.1 Å². The normalized spacial score (nSPS) is 22.8. The second-order valence-corrected chi connectivity index (χ2v) is 19.3. The van der Waals surface area contributed by atoms with Crippen LogP contribution in [-0.4, -0.2) is 101 Å². The van der Waals surface area contributed by atoms with E-state index in [1.165, 1.54) is 6.26 Å². The number of fused-ring (bicyclic) bond motifs is 4. The van der Waals surface area contributed by atoms with Crippen LogP contribution < -0.4 is 24.0 Å². The fourth-order valence-corrected chi connectivity index (χ4v) is 10.2. The molecule has 61 heavy (non-hydrogen) atoms. The van der Waals surface area contributed by atoms with Gasteiger partial charge in [0.2, 0.25) is 5.78 Å². The first-order valence-corrected chi connectivity index (χ1v) is 23.2. The molecule has 4 aromatic rings. The lowest BCUT2D eigenvalue weighted by Gasteiger charge is -2.53. The maximum Gasteiger partial charge on any atom is 0.265 e. The van der Waals surface area contributed by atoms with Gasteiger partial charge >= 0.3 is 0 Å². The number of hydrogen-bond acceptors (Lipinski definition) is 12. The highest BCUT2D eigenvalue weighted by molar-refractivity contribution is 7.97. The SMILES string of the molecule is C=S(C)(=O)N[C@@H]1[C@H]2[C@H](N(C)C)c3onc(OCCCC)c3C(=O)[C@@]2(O)C(O)=C2C(=O)c3c(c(N(C)C)cc(N(Cc4ccccc4)Cc4ccccc4)c3OCCCC)C[C@H]21. The van der Waals surface area contributed by atoms with Crippen LogP contribution >= 0.6 is 0 Å². The number of Topliss-reactive ketones (excluding diaryl/α,β-unsaturated/α-hetero) is 2. The highest BCUT2D eigenvalue weighted by Crippen LogP contribution is 2.58. The third-order valence-electron chi connectivity index (χ3n) is 12.1. The molecule has 13 nitrogen and oxygen atoms in total. The van der Waals surface area contributed by atoms with Gasteiger partial charge in [-0.3, -0.25) is 18.7 Å². The molecule has 0 saturated carbocycles. The number of nitrogens with one attached hydrogen (secondary N) is 1. The van der Waals surface area contributed by atoms with Crippen LogP contribution in [0.4, 0.5) is 11.4 Å². The zero-order valence-corrected chi connectivity index (χ0v) is 37.1. The van der Waals surface area contributed by atoms with Crippen molar-refractivity contribution in [1.29, 1.82) is 0 Å². The lowest BCUT2D eigenvalue weighted by atomic mass is 9.56. The molecular formula is C47H59N5O8S. The third-order valence-corrected chi connectivity index (χ3v) is 12.8. The van der Waals surface area contributed by atoms with Gasteiger partial charge in [-0.15, -0.1) is 0 Å². The molecule has 14 heteroatoms. The van der Waals surface area contributed by atoms with Crippen LogP contribution in [0.15, 0.2) is 82.6 Å². The van der Waals surface area contributed by atoms with Crippen molar-refractivity contribution in [3.05, 3.63) is 112 Å². The smallest absolute Gasteiger partial charge is 0.265 e. The summed E-state index contributed by atoms with van der Waals surface area (Å²) >= 11 is 0. The molecule has 0 saturated heterocycles. The Bertz CT molecular complexity index is 2360. The molecule has 6 atom stereocenters. The van der Waals surface area contributed by atoms with Gasteiger partial charge in [0.05, 0.1) is 30.5 Å². The van der Waals surface area contributed by atoms with E-state index in [9.17, 15) is 19.2 Å². The van der Waals surface area contributed by atoms with Crippen molar-refractivity contribution in [2.75, 3.05) is 57.5 Å². The van der Waals surface area contributed by atoms with Crippen molar-refractivity contribution in [1.82, 2.24) is 14.8 Å². The zero-order chi connectivity index (χ0) is 43.8. The Morgan fingerprint density at radius 3 is 2.05 bits per heavy atom. The van der Waals surface area contributed by atoms with Gasteiger partial charge in [0.1, 0.15) is 11.3 Å². The van der Waals surface area contributed by atoms with Gasteiger partial charge in [0.25, 0.3) is 5.88 Å². The number of carbonyl (C=O) groups excluding carboxylic acids is 2. The van der Waals surface area contributed by atoms with E-state index >= 15 is 4.79 Å². The fraction of sp³-hybridized carbons (Fsp3) is 0.447. The predicted molar refractivity (Wildman–Crippen MR) is 239 cm³/mol. The third kappa shape index (κ3) is 8.18. The summed E-state index contributed by atoms with van der Waals surface area (Å²) in [5.41, 5.74) is 1.52. The first kappa shape index (κ1) is 43.9. The van der Waals surface area contributed by atoms with Crippen LogP contribution in [0, 0.1) is 11.8 Å². The maximum absolute atomic E-state index is 15.7. The van der Waals surface area contributed by atoms with Gasteiger partial charge in [0.15, 0.2) is 22.9 Å². The lowest BCUT2D eigenvalue weighted by molar-refractivity contribution is -0.0662. The Labute approximate surface area is 359 Å². The minimum absolute atomic E-state index is 0.0998. The topological polar surface area (TPSA) is 158 Å². The molecule has 0 radical (unpaired) electrons. The van der Waals surface area contributed by atoms with Gasteiger partial charge in [-0.1, -0.05) is 87.4 Å². The quantitative estimate of drug-likeness (QED) is 0.0779. The average molecular weight is 854 g/mol. The molecule has 3 aliphatic carbocycles. The van der Waals surface area contributed by atoms with Gasteiger partial charge < -0.3 is 34.0 Å². The van der Waals surface area contributed by atoms with E-state index in [2.05, 4.69) is 57.9 Å². The van der Waals surface area contributed by atoms with Crippen LogP contribution in [0.3, 0.4) is 0 Å². The number of ketones is 2. The van der Waals surface area contributed by atoms with Crippen LogP contribution in [0.2, 0.25) is 0 Å². The van der Waals surface area contributed by atoms with Crippen molar-refractivity contribution in [2.45, 2.75) is 76.7 Å². The van der Waals surface area contributed by atoms with E-state index in [1.54, 1.807) is 19.0 Å². The van der Waals surface area contributed by atoms with Crippen LogP contribution in [0.25, 0.3) is 0 Å². The molecule has 0 fully saturated rings. The molecule has 326 valence electrons. The van der Waals surface area contributed by atoms with Gasteiger partial charge in [-0.25, -0.2) is 4.72 Å². The minimum Gasteiger partial charge on any atom is -0.508 e. The van der Waals surface area contributed by atoms with Crippen molar-refractivity contribution in [2.24, 2.45) is 11.8 Å². The Kier molecular flexibility index (Phi) is 12.7. The van der Waals surface area contributed by atoms with E-state index in [0.717, 1.165) is 36.1 Å². The summed E-state index contributed by atoms with van der Waals surface area (Å²) in [6.07, 6.45) is 4.67. The Morgan fingerprint density at radius 1 is 0.918 bits per heavy atom. The largest absolute Gasteiger partial charge is 0.508 e. The fourth-order valence-electron chi connectivity index (χ4n) is 9.29. The van der Waals surface area contributed by atoms with E-state index in [1.807, 2.05) is 62.3 Å². The van der Waals surface area contributed by atoms with Crippen LogP contribution in [-0.2, 0) is 29.2 Å². The molecule has 3 N–H and O–H groups in total. The van der Waals surface area contributed by atoms with Crippen molar-refractivity contribution >= 4 is 38.5 Å². The molecule has 3 aromatic carbocycles. The Balaban J connectivity index is 1.49. The maximum atomic E-state index is 15.7. The number of anilines is 2. The average Bonchev–Trinajstić information content (AvgIpc) is 3.64. The summed E-state index contributed by atoms with van der Waals surface area (Å²) in [5.74, 6) is -0.0294. The summed E-state index contributed by atoms with van der Waals surface area (Å²) in [5, 5.41) is 29.9. The Morgan fingerprint density at radius 2 is 1.51 bits per heavy atom. The minimum atomic E-state index is -3.06. The van der Waals surface area contributed by atoms with Gasteiger partial charge in [-0.05, 0) is 67.1 Å². The molecule has 0 bridgehead atoms. The lowest BCUT2D eigenvalue weighted by Crippen LogP contribution is -2.67. The molecule has 0 spiro atoms. The second-order valence-electron chi connectivity index (χ2n) is 17.0. The van der Waals surface area contributed by atoms with Gasteiger partial charge in [-0.2, -0.15) is 0 Å².